The predicted octanol–water partition coefficient (Wildman–Crippen LogP) is 9.00. The predicted molar refractivity (Wildman–Crippen MR) is 177 cm³/mol. The monoisotopic (exact) mass is 562 g/mol. The lowest BCUT2D eigenvalue weighted by Crippen LogP contribution is -2.29. The lowest BCUT2D eigenvalue weighted by atomic mass is 9.70. The molecule has 0 aliphatic carbocycles. The summed E-state index contributed by atoms with van der Waals surface area (Å²) in [4.78, 5) is 15.5. The van der Waals surface area contributed by atoms with Gasteiger partial charge >= 0.3 is 0 Å². The Kier molecular flexibility index (Phi) is 5.38. The van der Waals surface area contributed by atoms with Crippen LogP contribution in [0.4, 0.5) is 0 Å². The summed E-state index contributed by atoms with van der Waals surface area (Å²) in [5.74, 6) is 1.72. The molecule has 1 aliphatic rings. The van der Waals surface area contributed by atoms with Gasteiger partial charge < -0.3 is 0 Å². The average molecular weight is 563 g/mol. The van der Waals surface area contributed by atoms with Gasteiger partial charge in [0.2, 0.25) is 0 Å². The van der Waals surface area contributed by atoms with Gasteiger partial charge in [0.25, 0.3) is 0 Å². The first-order valence-electron chi connectivity index (χ1n) is 14.9. The molecule has 6 aromatic carbocycles. The van der Waals surface area contributed by atoms with E-state index in [1.165, 1.54) is 16.7 Å². The van der Waals surface area contributed by atoms with Crippen molar-refractivity contribution < 1.29 is 0 Å². The minimum Gasteiger partial charge on any atom is -0.295 e. The number of aromatic nitrogens is 4. The van der Waals surface area contributed by atoms with Crippen LogP contribution in [0.25, 0.3) is 50.3 Å². The van der Waals surface area contributed by atoms with Crippen LogP contribution in [0, 0.1) is 0 Å². The van der Waals surface area contributed by atoms with E-state index in [9.17, 15) is 0 Å². The van der Waals surface area contributed by atoms with Crippen molar-refractivity contribution in [1.82, 2.24) is 19.5 Å². The van der Waals surface area contributed by atoms with Crippen LogP contribution < -0.4 is 0 Å². The highest BCUT2D eigenvalue weighted by Crippen LogP contribution is 2.52. The molecule has 3 heterocycles. The van der Waals surface area contributed by atoms with Crippen LogP contribution in [0.2, 0.25) is 0 Å². The molecule has 2 aromatic heterocycles. The largest absolute Gasteiger partial charge is 0.295 e. The van der Waals surface area contributed by atoms with Gasteiger partial charge in [0.15, 0.2) is 5.82 Å². The van der Waals surface area contributed by atoms with Gasteiger partial charge in [-0.2, -0.15) is 0 Å². The first-order chi connectivity index (χ1) is 21.8. The summed E-state index contributed by atoms with van der Waals surface area (Å²) >= 11 is 0. The Balaban J connectivity index is 1.32. The fourth-order valence-corrected chi connectivity index (χ4v) is 6.95. The molecule has 4 heteroatoms. The van der Waals surface area contributed by atoms with E-state index in [1.807, 2.05) is 30.3 Å². The van der Waals surface area contributed by atoms with Crippen LogP contribution in [0.1, 0.15) is 22.5 Å². The third-order valence-electron chi connectivity index (χ3n) is 8.86. The van der Waals surface area contributed by atoms with E-state index in [-0.39, 0.29) is 0 Å². The molecule has 0 saturated carbocycles. The number of hydrogen-bond acceptors (Lipinski definition) is 3. The quantitative estimate of drug-likeness (QED) is 0.215. The number of fused-ring (bicyclic) bond motifs is 6. The van der Waals surface area contributed by atoms with Crippen molar-refractivity contribution in [2.24, 2.45) is 0 Å². The van der Waals surface area contributed by atoms with Crippen molar-refractivity contribution in [3.8, 4) is 28.3 Å². The fraction of sp³-hybridized carbons (Fsp3) is 0.0250. The Morgan fingerprint density at radius 3 is 1.86 bits per heavy atom. The Morgan fingerprint density at radius 1 is 0.477 bits per heavy atom. The van der Waals surface area contributed by atoms with Crippen LogP contribution in [0.5, 0.6) is 0 Å². The Bertz CT molecular complexity index is 2280. The highest BCUT2D eigenvalue weighted by Gasteiger charge is 2.48. The molecular weight excluding hydrogens is 536 g/mol. The summed E-state index contributed by atoms with van der Waals surface area (Å²) in [6.07, 6.45) is 0. The molecule has 0 bridgehead atoms. The molecule has 0 radical (unpaired) electrons. The minimum atomic E-state index is -0.555. The molecular formula is C40H26N4. The van der Waals surface area contributed by atoms with E-state index in [4.69, 9.17) is 15.0 Å². The van der Waals surface area contributed by atoms with Gasteiger partial charge in [-0.05, 0) is 41.0 Å². The van der Waals surface area contributed by atoms with Crippen LogP contribution in [-0.4, -0.2) is 19.5 Å². The molecule has 0 spiro atoms. The van der Waals surface area contributed by atoms with Crippen molar-refractivity contribution >= 4 is 21.9 Å². The molecule has 0 saturated heterocycles. The number of para-hydroxylation sites is 2. The average Bonchev–Trinajstić information content (AvgIpc) is 3.62. The zero-order valence-corrected chi connectivity index (χ0v) is 23.8. The molecule has 0 fully saturated rings. The highest BCUT2D eigenvalue weighted by atomic mass is 15.1. The van der Waals surface area contributed by atoms with Gasteiger partial charge in [-0.15, -0.1) is 0 Å². The third kappa shape index (κ3) is 3.48. The summed E-state index contributed by atoms with van der Waals surface area (Å²) in [7, 11) is 0. The highest BCUT2D eigenvalue weighted by molar-refractivity contribution is 5.96. The summed E-state index contributed by atoms with van der Waals surface area (Å²) in [6, 6.07) is 55.2. The second-order valence-electron chi connectivity index (χ2n) is 11.3. The minimum absolute atomic E-state index is 0.555. The van der Waals surface area contributed by atoms with E-state index in [0.29, 0.717) is 5.82 Å². The number of hydrogen-bond donors (Lipinski definition) is 0. The van der Waals surface area contributed by atoms with E-state index < -0.39 is 5.41 Å². The molecule has 8 aromatic rings. The smallest absolute Gasteiger partial charge is 0.160 e. The number of imidazole rings is 1. The SMILES string of the molecule is c1ccc(-c2nc(-c3ccc4c(c3)nc3n4-c4ccccc4C3(c3ccccc3)c3ccccc3)c3ccccc3n2)cc1. The maximum atomic E-state index is 5.48. The van der Waals surface area contributed by atoms with Crippen LogP contribution in [0.15, 0.2) is 158 Å². The molecule has 44 heavy (non-hydrogen) atoms. The number of rotatable bonds is 4. The zero-order valence-electron chi connectivity index (χ0n) is 23.8. The first kappa shape index (κ1) is 24.7. The lowest BCUT2D eigenvalue weighted by Gasteiger charge is -2.30. The number of benzene rings is 6. The van der Waals surface area contributed by atoms with Gasteiger partial charge in [-0.1, -0.05) is 133 Å². The Morgan fingerprint density at radius 2 is 1.11 bits per heavy atom. The standard InChI is InChI=1S/C40H26N4/c1-4-14-27(15-5-1)38-41-33-22-12-10-20-31(33)37(43-38)28-24-25-36-34(26-28)42-39-40(29-16-6-2-7-17-29,30-18-8-3-9-19-30)32-21-11-13-23-35(32)44(36)39/h1-26H. The normalized spacial score (nSPS) is 13.2. The molecule has 0 atom stereocenters. The second-order valence-corrected chi connectivity index (χ2v) is 11.3. The third-order valence-corrected chi connectivity index (χ3v) is 8.86. The molecule has 0 unspecified atom stereocenters. The molecule has 0 amide bonds. The van der Waals surface area contributed by atoms with E-state index >= 15 is 0 Å². The van der Waals surface area contributed by atoms with Crippen molar-refractivity contribution in [3.05, 3.63) is 180 Å². The van der Waals surface area contributed by atoms with Gasteiger partial charge in [0.1, 0.15) is 11.2 Å². The molecule has 0 N–H and O–H groups in total. The van der Waals surface area contributed by atoms with Crippen LogP contribution in [0.3, 0.4) is 0 Å². The molecule has 9 rings (SSSR count). The molecule has 206 valence electrons. The topological polar surface area (TPSA) is 43.6 Å². The second kappa shape index (κ2) is 9.58. The Hall–Kier alpha value is -5.87. The fourth-order valence-electron chi connectivity index (χ4n) is 6.95. The number of nitrogens with zero attached hydrogens (tertiary/aromatic N) is 4. The summed E-state index contributed by atoms with van der Waals surface area (Å²) in [5.41, 5.74) is 10.1. The summed E-state index contributed by atoms with van der Waals surface area (Å²) in [6.45, 7) is 0. The Labute approximate surface area is 255 Å². The van der Waals surface area contributed by atoms with Crippen molar-refractivity contribution in [2.75, 3.05) is 0 Å². The van der Waals surface area contributed by atoms with Gasteiger partial charge in [0, 0.05) is 16.5 Å². The first-order valence-corrected chi connectivity index (χ1v) is 14.9. The molecule has 4 nitrogen and oxygen atoms in total. The van der Waals surface area contributed by atoms with Gasteiger partial charge in [-0.25, -0.2) is 15.0 Å². The van der Waals surface area contributed by atoms with Gasteiger partial charge in [-0.3, -0.25) is 4.57 Å². The van der Waals surface area contributed by atoms with Crippen molar-refractivity contribution in [1.29, 1.82) is 0 Å². The van der Waals surface area contributed by atoms with E-state index in [2.05, 4.69) is 132 Å². The van der Waals surface area contributed by atoms with E-state index in [1.54, 1.807) is 0 Å². The van der Waals surface area contributed by atoms with Crippen LogP contribution >= 0.6 is 0 Å². The van der Waals surface area contributed by atoms with Gasteiger partial charge in [0.05, 0.1) is 27.9 Å². The summed E-state index contributed by atoms with van der Waals surface area (Å²) < 4.78 is 2.35. The maximum Gasteiger partial charge on any atom is 0.160 e. The zero-order chi connectivity index (χ0) is 29.1. The lowest BCUT2D eigenvalue weighted by molar-refractivity contribution is 0.718. The van der Waals surface area contributed by atoms with Crippen LogP contribution in [-0.2, 0) is 5.41 Å². The summed E-state index contributed by atoms with van der Waals surface area (Å²) in [5, 5.41) is 1.02. The maximum absolute atomic E-state index is 5.48. The van der Waals surface area contributed by atoms with Crippen molar-refractivity contribution in [3.63, 3.8) is 0 Å². The van der Waals surface area contributed by atoms with Crippen molar-refractivity contribution in [2.45, 2.75) is 5.41 Å². The van der Waals surface area contributed by atoms with E-state index in [0.717, 1.165) is 50.3 Å². The molecule has 1 aliphatic heterocycles.